The molecule has 1 aliphatic rings. The SMILES string of the molecule is C/C=C(\O/C(C(=O)N1CCc2nc[nH]c2C1)=C(\C)C(F)F)c1cn(C)cn1. The third-order valence-corrected chi connectivity index (χ3v) is 4.37. The zero-order chi connectivity index (χ0) is 19.6. The lowest BCUT2D eigenvalue weighted by atomic mass is 10.1. The molecule has 0 saturated heterocycles. The van der Waals surface area contributed by atoms with E-state index in [4.69, 9.17) is 4.74 Å². The minimum Gasteiger partial charge on any atom is -0.449 e. The highest BCUT2D eigenvalue weighted by atomic mass is 19.3. The lowest BCUT2D eigenvalue weighted by molar-refractivity contribution is -0.131. The number of imidazole rings is 2. The van der Waals surface area contributed by atoms with Crippen LogP contribution in [0, 0.1) is 0 Å². The summed E-state index contributed by atoms with van der Waals surface area (Å²) in [6, 6.07) is 0. The van der Waals surface area contributed by atoms with Crippen LogP contribution in [0.3, 0.4) is 0 Å². The van der Waals surface area contributed by atoms with Gasteiger partial charge in [0.25, 0.3) is 12.3 Å². The van der Waals surface area contributed by atoms with Crippen LogP contribution in [-0.4, -0.2) is 43.3 Å². The quantitative estimate of drug-likeness (QED) is 0.642. The number of fused-ring (bicyclic) bond motifs is 1. The van der Waals surface area contributed by atoms with E-state index in [2.05, 4.69) is 15.0 Å². The molecule has 3 heterocycles. The van der Waals surface area contributed by atoms with Gasteiger partial charge in [-0.15, -0.1) is 0 Å². The Hall–Kier alpha value is -2.97. The van der Waals surface area contributed by atoms with E-state index in [-0.39, 0.29) is 18.1 Å². The number of carbonyl (C=O) groups is 1. The topological polar surface area (TPSA) is 76.0 Å². The number of hydrogen-bond acceptors (Lipinski definition) is 4. The van der Waals surface area contributed by atoms with Crippen LogP contribution in [0.5, 0.6) is 0 Å². The number of halogens is 2. The summed E-state index contributed by atoms with van der Waals surface area (Å²) in [6.07, 6.45) is 4.16. The summed E-state index contributed by atoms with van der Waals surface area (Å²) in [4.78, 5) is 25.8. The van der Waals surface area contributed by atoms with Gasteiger partial charge in [-0.3, -0.25) is 4.79 Å². The number of aromatic amines is 1. The Balaban J connectivity index is 1.88. The molecule has 0 atom stereocenters. The molecular weight excluding hydrogens is 356 g/mol. The van der Waals surface area contributed by atoms with Gasteiger partial charge in [0.05, 0.1) is 30.6 Å². The summed E-state index contributed by atoms with van der Waals surface area (Å²) in [5, 5.41) is 0. The molecule has 0 saturated carbocycles. The van der Waals surface area contributed by atoms with Gasteiger partial charge >= 0.3 is 0 Å². The van der Waals surface area contributed by atoms with Gasteiger partial charge in [-0.05, 0) is 19.9 Å². The van der Waals surface area contributed by atoms with Crippen molar-refractivity contribution >= 4 is 11.7 Å². The molecule has 0 fully saturated rings. The third-order valence-electron chi connectivity index (χ3n) is 4.37. The maximum atomic E-state index is 13.4. The van der Waals surface area contributed by atoms with Crippen molar-refractivity contribution in [3.8, 4) is 0 Å². The van der Waals surface area contributed by atoms with E-state index < -0.39 is 17.9 Å². The molecule has 1 amide bonds. The van der Waals surface area contributed by atoms with E-state index in [1.165, 1.54) is 11.8 Å². The van der Waals surface area contributed by atoms with Crippen LogP contribution >= 0.6 is 0 Å². The fourth-order valence-corrected chi connectivity index (χ4v) is 2.83. The number of H-pyrrole nitrogens is 1. The number of hydrogen-bond donors (Lipinski definition) is 1. The fraction of sp³-hybridized carbons (Fsp3) is 0.389. The van der Waals surface area contributed by atoms with Crippen LogP contribution < -0.4 is 0 Å². The monoisotopic (exact) mass is 377 g/mol. The zero-order valence-corrected chi connectivity index (χ0v) is 15.4. The van der Waals surface area contributed by atoms with Gasteiger partial charge in [0.1, 0.15) is 5.69 Å². The second-order valence-corrected chi connectivity index (χ2v) is 6.30. The van der Waals surface area contributed by atoms with Crippen molar-refractivity contribution in [2.75, 3.05) is 6.54 Å². The average Bonchev–Trinajstić information content (AvgIpc) is 3.29. The summed E-state index contributed by atoms with van der Waals surface area (Å²) in [5.41, 5.74) is 1.74. The number of ether oxygens (including phenoxy) is 1. The van der Waals surface area contributed by atoms with Gasteiger partial charge in [0, 0.05) is 31.8 Å². The molecule has 0 bridgehead atoms. The van der Waals surface area contributed by atoms with E-state index in [1.54, 1.807) is 43.5 Å². The van der Waals surface area contributed by atoms with Crippen LogP contribution in [-0.2, 0) is 29.5 Å². The highest BCUT2D eigenvalue weighted by molar-refractivity contribution is 5.93. The molecular formula is C18H21F2N5O2. The smallest absolute Gasteiger partial charge is 0.290 e. The summed E-state index contributed by atoms with van der Waals surface area (Å²) in [6.45, 7) is 3.55. The molecule has 0 unspecified atom stereocenters. The van der Waals surface area contributed by atoms with Gasteiger partial charge in [0.15, 0.2) is 11.5 Å². The Kier molecular flexibility index (Phi) is 5.38. The van der Waals surface area contributed by atoms with Gasteiger partial charge in [-0.1, -0.05) is 0 Å². The molecule has 2 aromatic heterocycles. The zero-order valence-electron chi connectivity index (χ0n) is 15.4. The molecule has 0 spiro atoms. The third kappa shape index (κ3) is 3.91. The van der Waals surface area contributed by atoms with Gasteiger partial charge in [-0.25, -0.2) is 18.7 Å². The Bertz CT molecular complexity index is 897. The lowest BCUT2D eigenvalue weighted by Crippen LogP contribution is -2.38. The average molecular weight is 377 g/mol. The molecule has 1 N–H and O–H groups in total. The molecule has 0 aromatic carbocycles. The summed E-state index contributed by atoms with van der Waals surface area (Å²) in [7, 11) is 1.78. The predicted molar refractivity (Wildman–Crippen MR) is 94.4 cm³/mol. The van der Waals surface area contributed by atoms with E-state index in [0.29, 0.717) is 18.7 Å². The number of allylic oxidation sites excluding steroid dienone is 2. The first kappa shape index (κ1) is 18.8. The first-order valence-corrected chi connectivity index (χ1v) is 8.52. The maximum Gasteiger partial charge on any atom is 0.290 e. The van der Waals surface area contributed by atoms with Crippen LogP contribution in [0.1, 0.15) is 30.9 Å². The highest BCUT2D eigenvalue weighted by Crippen LogP contribution is 2.26. The Labute approximate surface area is 155 Å². The number of rotatable bonds is 5. The van der Waals surface area contributed by atoms with Crippen molar-refractivity contribution in [1.29, 1.82) is 0 Å². The summed E-state index contributed by atoms with van der Waals surface area (Å²) >= 11 is 0. The van der Waals surface area contributed by atoms with E-state index in [0.717, 1.165) is 11.4 Å². The molecule has 9 heteroatoms. The first-order valence-electron chi connectivity index (χ1n) is 8.52. The molecule has 7 nitrogen and oxygen atoms in total. The maximum absolute atomic E-state index is 13.4. The summed E-state index contributed by atoms with van der Waals surface area (Å²) < 4.78 is 34.2. The molecule has 0 radical (unpaired) electrons. The molecule has 1 aliphatic heterocycles. The number of carbonyl (C=O) groups excluding carboxylic acids is 1. The predicted octanol–water partition coefficient (Wildman–Crippen LogP) is 2.64. The Morgan fingerprint density at radius 2 is 2.19 bits per heavy atom. The number of nitrogens with one attached hydrogen (secondary N) is 1. The number of nitrogens with zero attached hydrogens (tertiary/aromatic N) is 4. The van der Waals surface area contributed by atoms with Crippen LogP contribution in [0.15, 0.2) is 36.3 Å². The number of alkyl halides is 2. The van der Waals surface area contributed by atoms with Crippen LogP contribution in [0.4, 0.5) is 8.78 Å². The van der Waals surface area contributed by atoms with Crippen molar-refractivity contribution in [2.24, 2.45) is 7.05 Å². The Morgan fingerprint density at radius 1 is 1.41 bits per heavy atom. The second-order valence-electron chi connectivity index (χ2n) is 6.30. The largest absolute Gasteiger partial charge is 0.449 e. The standard InChI is InChI=1S/C18H21F2N5O2/c1-4-15(14-7-24(3)10-23-14)27-16(11(2)17(19)20)18(26)25-6-5-12-13(8-25)22-9-21-12/h4,7,9-10,17H,5-6,8H2,1-3H3,(H,21,22)/b15-4-,16-11+. The van der Waals surface area contributed by atoms with Crippen LogP contribution in [0.25, 0.3) is 5.76 Å². The normalized spacial score (nSPS) is 15.6. The van der Waals surface area contributed by atoms with Crippen molar-refractivity contribution in [3.05, 3.63) is 53.3 Å². The minimum absolute atomic E-state index is 0.248. The number of amides is 1. The molecule has 3 rings (SSSR count). The molecule has 2 aromatic rings. The van der Waals surface area contributed by atoms with Gasteiger partial charge in [0.2, 0.25) is 0 Å². The number of aromatic nitrogens is 4. The molecule has 27 heavy (non-hydrogen) atoms. The molecule has 144 valence electrons. The van der Waals surface area contributed by atoms with Crippen molar-refractivity contribution in [2.45, 2.75) is 33.2 Å². The van der Waals surface area contributed by atoms with Gasteiger partial charge < -0.3 is 19.2 Å². The molecule has 0 aliphatic carbocycles. The lowest BCUT2D eigenvalue weighted by Gasteiger charge is -2.28. The van der Waals surface area contributed by atoms with E-state index in [1.807, 2.05) is 0 Å². The van der Waals surface area contributed by atoms with E-state index >= 15 is 0 Å². The number of aryl methyl sites for hydroxylation is 1. The van der Waals surface area contributed by atoms with Crippen molar-refractivity contribution in [1.82, 2.24) is 24.4 Å². The Morgan fingerprint density at radius 3 is 2.81 bits per heavy atom. The van der Waals surface area contributed by atoms with E-state index in [9.17, 15) is 13.6 Å². The minimum atomic E-state index is -2.81. The highest BCUT2D eigenvalue weighted by Gasteiger charge is 2.30. The fourth-order valence-electron chi connectivity index (χ4n) is 2.83. The van der Waals surface area contributed by atoms with Crippen molar-refractivity contribution < 1.29 is 18.3 Å². The van der Waals surface area contributed by atoms with Crippen molar-refractivity contribution in [3.63, 3.8) is 0 Å². The first-order chi connectivity index (χ1) is 12.9. The van der Waals surface area contributed by atoms with Gasteiger partial charge in [-0.2, -0.15) is 0 Å². The summed E-state index contributed by atoms with van der Waals surface area (Å²) in [5.74, 6) is -0.701. The van der Waals surface area contributed by atoms with Crippen LogP contribution in [0.2, 0.25) is 0 Å². The second kappa shape index (κ2) is 7.73.